The van der Waals surface area contributed by atoms with Crippen molar-refractivity contribution in [3.63, 3.8) is 0 Å². The van der Waals surface area contributed by atoms with Crippen LogP contribution in [0.15, 0.2) is 22.7 Å². The second kappa shape index (κ2) is 6.07. The molecule has 0 radical (unpaired) electrons. The van der Waals surface area contributed by atoms with E-state index in [9.17, 15) is 0 Å². The van der Waals surface area contributed by atoms with Crippen molar-refractivity contribution in [1.29, 1.82) is 0 Å². The van der Waals surface area contributed by atoms with Crippen LogP contribution in [-0.4, -0.2) is 7.11 Å². The van der Waals surface area contributed by atoms with E-state index in [0.717, 1.165) is 16.1 Å². The van der Waals surface area contributed by atoms with E-state index in [1.165, 1.54) is 31.2 Å². The Morgan fingerprint density at radius 2 is 1.94 bits per heavy atom. The third-order valence-corrected chi connectivity index (χ3v) is 4.75. The SMILES string of the molecule is COc1ccc(C(N)C2CCC(C)CC2)cc1Br. The van der Waals surface area contributed by atoms with Gasteiger partial charge in [0.15, 0.2) is 0 Å². The van der Waals surface area contributed by atoms with E-state index in [4.69, 9.17) is 10.5 Å². The van der Waals surface area contributed by atoms with Crippen molar-refractivity contribution in [3.8, 4) is 5.75 Å². The number of methoxy groups -OCH3 is 1. The van der Waals surface area contributed by atoms with Gasteiger partial charge >= 0.3 is 0 Å². The molecule has 2 rings (SSSR count). The van der Waals surface area contributed by atoms with Gasteiger partial charge in [-0.3, -0.25) is 0 Å². The molecule has 0 aliphatic heterocycles. The molecule has 0 amide bonds. The molecular formula is C15H22BrNO. The number of benzene rings is 1. The average molecular weight is 312 g/mol. The molecule has 0 spiro atoms. The van der Waals surface area contributed by atoms with Gasteiger partial charge in [-0.05, 0) is 58.3 Å². The van der Waals surface area contributed by atoms with Crippen LogP contribution in [0.25, 0.3) is 0 Å². The molecule has 1 aliphatic carbocycles. The first-order valence-electron chi connectivity index (χ1n) is 6.71. The summed E-state index contributed by atoms with van der Waals surface area (Å²) in [6.45, 7) is 2.34. The summed E-state index contributed by atoms with van der Waals surface area (Å²) in [6.07, 6.45) is 5.14. The van der Waals surface area contributed by atoms with Crippen molar-refractivity contribution in [2.75, 3.05) is 7.11 Å². The molecule has 18 heavy (non-hydrogen) atoms. The third kappa shape index (κ3) is 3.07. The van der Waals surface area contributed by atoms with Crippen molar-refractivity contribution in [2.45, 2.75) is 38.6 Å². The van der Waals surface area contributed by atoms with Gasteiger partial charge in [-0.15, -0.1) is 0 Å². The van der Waals surface area contributed by atoms with Gasteiger partial charge in [0, 0.05) is 6.04 Å². The van der Waals surface area contributed by atoms with Crippen molar-refractivity contribution in [2.24, 2.45) is 17.6 Å². The van der Waals surface area contributed by atoms with Crippen LogP contribution < -0.4 is 10.5 Å². The number of halogens is 1. The minimum atomic E-state index is 0.153. The van der Waals surface area contributed by atoms with Crippen LogP contribution in [0.3, 0.4) is 0 Å². The second-order valence-electron chi connectivity index (χ2n) is 5.44. The maximum atomic E-state index is 6.41. The smallest absolute Gasteiger partial charge is 0.133 e. The molecular weight excluding hydrogens is 290 g/mol. The van der Waals surface area contributed by atoms with Gasteiger partial charge in [0.05, 0.1) is 11.6 Å². The van der Waals surface area contributed by atoms with Gasteiger partial charge in [-0.2, -0.15) is 0 Å². The van der Waals surface area contributed by atoms with Crippen LogP contribution in [0.2, 0.25) is 0 Å². The van der Waals surface area contributed by atoms with E-state index in [1.54, 1.807) is 7.11 Å². The number of nitrogens with two attached hydrogens (primary N) is 1. The lowest BCUT2D eigenvalue weighted by atomic mass is 9.78. The summed E-state index contributed by atoms with van der Waals surface area (Å²) in [4.78, 5) is 0. The molecule has 1 fully saturated rings. The Bertz CT molecular complexity index is 399. The topological polar surface area (TPSA) is 35.2 Å². The van der Waals surface area contributed by atoms with E-state index in [-0.39, 0.29) is 6.04 Å². The lowest BCUT2D eigenvalue weighted by molar-refractivity contribution is 0.256. The third-order valence-electron chi connectivity index (χ3n) is 4.13. The Morgan fingerprint density at radius 3 is 2.50 bits per heavy atom. The number of ether oxygens (including phenoxy) is 1. The van der Waals surface area contributed by atoms with Gasteiger partial charge in [-0.1, -0.05) is 25.8 Å². The van der Waals surface area contributed by atoms with Crippen LogP contribution in [-0.2, 0) is 0 Å². The Labute approximate surface area is 118 Å². The zero-order chi connectivity index (χ0) is 13.1. The van der Waals surface area contributed by atoms with Crippen molar-refractivity contribution >= 4 is 15.9 Å². The number of rotatable bonds is 3. The summed E-state index contributed by atoms with van der Waals surface area (Å²) < 4.78 is 6.24. The fraction of sp³-hybridized carbons (Fsp3) is 0.600. The molecule has 1 aliphatic rings. The van der Waals surface area contributed by atoms with Crippen LogP contribution >= 0.6 is 15.9 Å². The summed E-state index contributed by atoms with van der Waals surface area (Å²) >= 11 is 3.53. The van der Waals surface area contributed by atoms with Crippen LogP contribution in [0.1, 0.15) is 44.2 Å². The normalized spacial score (nSPS) is 25.8. The first-order valence-corrected chi connectivity index (χ1v) is 7.50. The summed E-state index contributed by atoms with van der Waals surface area (Å²) in [7, 11) is 1.68. The first kappa shape index (κ1) is 13.9. The van der Waals surface area contributed by atoms with Crippen molar-refractivity contribution < 1.29 is 4.74 Å². The molecule has 2 nitrogen and oxygen atoms in total. The Kier molecular flexibility index (Phi) is 4.68. The monoisotopic (exact) mass is 311 g/mol. The van der Waals surface area contributed by atoms with Gasteiger partial charge in [-0.25, -0.2) is 0 Å². The summed E-state index contributed by atoms with van der Waals surface area (Å²) in [6, 6.07) is 6.33. The highest BCUT2D eigenvalue weighted by Crippen LogP contribution is 2.37. The van der Waals surface area contributed by atoms with Crippen LogP contribution in [0.5, 0.6) is 5.75 Å². The molecule has 1 atom stereocenters. The zero-order valence-electron chi connectivity index (χ0n) is 11.2. The molecule has 0 aromatic heterocycles. The van der Waals surface area contributed by atoms with E-state index in [2.05, 4.69) is 35.0 Å². The van der Waals surface area contributed by atoms with Crippen LogP contribution in [0.4, 0.5) is 0 Å². The van der Waals surface area contributed by atoms with Gasteiger partial charge in [0.2, 0.25) is 0 Å². The van der Waals surface area contributed by atoms with Crippen molar-refractivity contribution in [3.05, 3.63) is 28.2 Å². The fourth-order valence-corrected chi connectivity index (χ4v) is 3.37. The van der Waals surface area contributed by atoms with E-state index < -0.39 is 0 Å². The Hall–Kier alpha value is -0.540. The van der Waals surface area contributed by atoms with E-state index in [1.807, 2.05) is 6.07 Å². The maximum absolute atomic E-state index is 6.41. The number of hydrogen-bond donors (Lipinski definition) is 1. The van der Waals surface area contributed by atoms with E-state index in [0.29, 0.717) is 5.92 Å². The average Bonchev–Trinajstić information content (AvgIpc) is 2.38. The highest BCUT2D eigenvalue weighted by atomic mass is 79.9. The first-order chi connectivity index (χ1) is 8.61. The maximum Gasteiger partial charge on any atom is 0.133 e. The Balaban J connectivity index is 2.08. The minimum absolute atomic E-state index is 0.153. The molecule has 1 aromatic rings. The molecule has 1 aromatic carbocycles. The summed E-state index contributed by atoms with van der Waals surface area (Å²) in [5.41, 5.74) is 7.62. The quantitative estimate of drug-likeness (QED) is 0.904. The predicted molar refractivity (Wildman–Crippen MR) is 78.7 cm³/mol. The standard InChI is InChI=1S/C15H22BrNO/c1-10-3-5-11(6-4-10)15(17)12-7-8-14(18-2)13(16)9-12/h7-11,15H,3-6,17H2,1-2H3. The van der Waals surface area contributed by atoms with Gasteiger partial charge in [0.1, 0.15) is 5.75 Å². The second-order valence-corrected chi connectivity index (χ2v) is 6.29. The molecule has 2 N–H and O–H groups in total. The lowest BCUT2D eigenvalue weighted by Crippen LogP contribution is -2.25. The Morgan fingerprint density at radius 1 is 1.28 bits per heavy atom. The van der Waals surface area contributed by atoms with E-state index >= 15 is 0 Å². The van der Waals surface area contributed by atoms with Gasteiger partial charge in [0.25, 0.3) is 0 Å². The molecule has 100 valence electrons. The summed E-state index contributed by atoms with van der Waals surface area (Å²) in [5, 5.41) is 0. The number of hydrogen-bond acceptors (Lipinski definition) is 2. The highest BCUT2D eigenvalue weighted by Gasteiger charge is 2.24. The lowest BCUT2D eigenvalue weighted by Gasteiger charge is -2.31. The molecule has 1 unspecified atom stereocenters. The van der Waals surface area contributed by atoms with Crippen LogP contribution in [0, 0.1) is 11.8 Å². The highest BCUT2D eigenvalue weighted by molar-refractivity contribution is 9.10. The molecule has 0 heterocycles. The molecule has 0 bridgehead atoms. The fourth-order valence-electron chi connectivity index (χ4n) is 2.81. The molecule has 0 saturated heterocycles. The minimum Gasteiger partial charge on any atom is -0.496 e. The van der Waals surface area contributed by atoms with Gasteiger partial charge < -0.3 is 10.5 Å². The predicted octanol–water partition coefficient (Wildman–Crippen LogP) is 4.28. The molecule has 1 saturated carbocycles. The largest absolute Gasteiger partial charge is 0.496 e. The summed E-state index contributed by atoms with van der Waals surface area (Å²) in [5.74, 6) is 2.36. The van der Waals surface area contributed by atoms with Crippen molar-refractivity contribution in [1.82, 2.24) is 0 Å². The molecule has 3 heteroatoms. The zero-order valence-corrected chi connectivity index (χ0v) is 12.7.